The number of hydrogen-bond donors (Lipinski definition) is 1. The van der Waals surface area contributed by atoms with Crippen molar-refractivity contribution >= 4 is 33.4 Å². The van der Waals surface area contributed by atoms with Crippen molar-refractivity contribution in [2.24, 2.45) is 0 Å². The molecule has 0 saturated carbocycles. The molecule has 8 heteroatoms. The maximum Gasteiger partial charge on any atom is 0.243 e. The number of hydrogen-bond acceptors (Lipinski definition) is 5. The molecule has 1 fully saturated rings. The Hall–Kier alpha value is -1.87. The molecule has 30 heavy (non-hydrogen) atoms. The number of benzene rings is 2. The van der Waals surface area contributed by atoms with Crippen LogP contribution in [0.25, 0.3) is 0 Å². The van der Waals surface area contributed by atoms with Crippen LogP contribution >= 0.6 is 11.8 Å². The first-order valence-corrected chi connectivity index (χ1v) is 12.4. The van der Waals surface area contributed by atoms with Gasteiger partial charge in [-0.2, -0.15) is 4.31 Å². The highest BCUT2D eigenvalue weighted by molar-refractivity contribution is 8.00. The third-order valence-corrected chi connectivity index (χ3v) is 8.46. The SMILES string of the molecule is C[C@@H](Sc1ccccc1)C(=O)Nc1ccc(S(=O)(=O)N(C)C2CCN(C)CC2)cc1. The molecule has 1 heterocycles. The Morgan fingerprint density at radius 2 is 1.70 bits per heavy atom. The number of sulfonamides is 1. The van der Waals surface area contributed by atoms with Gasteiger partial charge in [0, 0.05) is 23.7 Å². The van der Waals surface area contributed by atoms with Crippen LogP contribution in [-0.2, 0) is 14.8 Å². The number of anilines is 1. The molecular formula is C22H29N3O3S2. The molecule has 2 aromatic carbocycles. The van der Waals surface area contributed by atoms with Crippen molar-refractivity contribution in [2.45, 2.75) is 40.8 Å². The quantitative estimate of drug-likeness (QED) is 0.658. The largest absolute Gasteiger partial charge is 0.325 e. The van der Waals surface area contributed by atoms with E-state index in [0.717, 1.165) is 30.8 Å². The molecule has 1 saturated heterocycles. The summed E-state index contributed by atoms with van der Waals surface area (Å²) in [5, 5.41) is 2.59. The van der Waals surface area contributed by atoms with Crippen LogP contribution in [0.1, 0.15) is 19.8 Å². The van der Waals surface area contributed by atoms with Gasteiger partial charge >= 0.3 is 0 Å². The van der Waals surface area contributed by atoms with Gasteiger partial charge in [0.05, 0.1) is 10.1 Å². The molecule has 0 aliphatic carbocycles. The summed E-state index contributed by atoms with van der Waals surface area (Å²) in [5.41, 5.74) is 0.585. The minimum atomic E-state index is -3.56. The third kappa shape index (κ3) is 5.63. The normalized spacial score (nSPS) is 17.1. The van der Waals surface area contributed by atoms with E-state index in [1.54, 1.807) is 31.3 Å². The highest BCUT2D eigenvalue weighted by Gasteiger charge is 2.30. The first-order chi connectivity index (χ1) is 14.3. The predicted molar refractivity (Wildman–Crippen MR) is 122 cm³/mol. The van der Waals surface area contributed by atoms with Crippen LogP contribution in [0.2, 0.25) is 0 Å². The summed E-state index contributed by atoms with van der Waals surface area (Å²) in [6, 6.07) is 16.2. The van der Waals surface area contributed by atoms with E-state index in [1.807, 2.05) is 37.3 Å². The van der Waals surface area contributed by atoms with Crippen molar-refractivity contribution in [3.63, 3.8) is 0 Å². The standard InChI is InChI=1S/C22H29N3O3S2/c1-17(29-20-7-5-4-6-8-20)22(26)23-18-9-11-21(12-10-18)30(27,28)25(3)19-13-15-24(2)16-14-19/h4-12,17,19H,13-16H2,1-3H3,(H,23,26)/t17-/m1/s1. The molecule has 0 aromatic heterocycles. The van der Waals surface area contributed by atoms with E-state index < -0.39 is 10.0 Å². The van der Waals surface area contributed by atoms with Crippen LogP contribution in [0.15, 0.2) is 64.4 Å². The zero-order chi connectivity index (χ0) is 21.7. The lowest BCUT2D eigenvalue weighted by Gasteiger charge is -2.34. The average molecular weight is 448 g/mol. The van der Waals surface area contributed by atoms with E-state index in [4.69, 9.17) is 0 Å². The van der Waals surface area contributed by atoms with Gasteiger partial charge in [-0.3, -0.25) is 4.79 Å². The minimum absolute atomic E-state index is 0.0152. The summed E-state index contributed by atoms with van der Waals surface area (Å²) >= 11 is 1.48. The molecule has 0 radical (unpaired) electrons. The molecule has 162 valence electrons. The van der Waals surface area contributed by atoms with Crippen LogP contribution < -0.4 is 5.32 Å². The monoisotopic (exact) mass is 447 g/mol. The van der Waals surface area contributed by atoms with Crippen LogP contribution in [-0.4, -0.2) is 62.0 Å². The topological polar surface area (TPSA) is 69.7 Å². The lowest BCUT2D eigenvalue weighted by Crippen LogP contribution is -2.44. The number of thioether (sulfide) groups is 1. The summed E-state index contributed by atoms with van der Waals surface area (Å²) in [5.74, 6) is -0.122. The fourth-order valence-corrected chi connectivity index (χ4v) is 5.74. The number of likely N-dealkylation sites (tertiary alicyclic amines) is 1. The number of rotatable bonds is 7. The summed E-state index contributed by atoms with van der Waals surface area (Å²) in [7, 11) is 0.148. The third-order valence-electron chi connectivity index (χ3n) is 5.43. The summed E-state index contributed by atoms with van der Waals surface area (Å²) in [6.45, 7) is 3.64. The van der Waals surface area contributed by atoms with Crippen molar-refractivity contribution in [2.75, 3.05) is 32.5 Å². The first kappa shape index (κ1) is 22.8. The first-order valence-electron chi connectivity index (χ1n) is 10.1. The van der Waals surface area contributed by atoms with E-state index in [0.29, 0.717) is 5.69 Å². The van der Waals surface area contributed by atoms with Gasteiger partial charge in [0.15, 0.2) is 0 Å². The van der Waals surface area contributed by atoms with E-state index in [9.17, 15) is 13.2 Å². The number of nitrogens with zero attached hydrogens (tertiary/aromatic N) is 2. The van der Waals surface area contributed by atoms with Crippen molar-refractivity contribution in [1.82, 2.24) is 9.21 Å². The smallest absolute Gasteiger partial charge is 0.243 e. The van der Waals surface area contributed by atoms with Gasteiger partial charge in [0.2, 0.25) is 15.9 Å². The van der Waals surface area contributed by atoms with Crippen LogP contribution in [0.3, 0.4) is 0 Å². The predicted octanol–water partition coefficient (Wildman–Crippen LogP) is 3.52. The minimum Gasteiger partial charge on any atom is -0.325 e. The van der Waals surface area contributed by atoms with Gasteiger partial charge in [-0.15, -0.1) is 11.8 Å². The second-order valence-corrected chi connectivity index (χ2v) is 11.1. The van der Waals surface area contributed by atoms with E-state index in [-0.39, 0.29) is 22.1 Å². The molecule has 0 spiro atoms. The molecule has 0 unspecified atom stereocenters. The van der Waals surface area contributed by atoms with Gasteiger partial charge in [-0.1, -0.05) is 18.2 Å². The van der Waals surface area contributed by atoms with Crippen LogP contribution in [0.5, 0.6) is 0 Å². The Bertz CT molecular complexity index is 941. The molecule has 1 N–H and O–H groups in total. The molecule has 1 aliphatic rings. The van der Waals surface area contributed by atoms with Gasteiger partial charge in [-0.05, 0) is 76.3 Å². The van der Waals surface area contributed by atoms with Gasteiger partial charge in [-0.25, -0.2) is 8.42 Å². The Labute approximate surface area is 183 Å². The maximum atomic E-state index is 13.0. The van der Waals surface area contributed by atoms with Crippen molar-refractivity contribution in [3.05, 3.63) is 54.6 Å². The molecule has 0 bridgehead atoms. The van der Waals surface area contributed by atoms with Gasteiger partial charge in [0.1, 0.15) is 0 Å². The Balaban J connectivity index is 1.61. The molecule has 1 atom stereocenters. The average Bonchev–Trinajstić information content (AvgIpc) is 2.75. The summed E-state index contributed by atoms with van der Waals surface area (Å²) < 4.78 is 27.5. The van der Waals surface area contributed by atoms with Crippen molar-refractivity contribution < 1.29 is 13.2 Å². The summed E-state index contributed by atoms with van der Waals surface area (Å²) in [6.07, 6.45) is 1.66. The second kappa shape index (κ2) is 9.96. The number of carbonyl (C=O) groups is 1. The number of piperidine rings is 1. The Kier molecular flexibility index (Phi) is 7.57. The molecule has 1 amide bonds. The van der Waals surface area contributed by atoms with Gasteiger partial charge < -0.3 is 10.2 Å². The molecular weight excluding hydrogens is 418 g/mol. The maximum absolute atomic E-state index is 13.0. The van der Waals surface area contributed by atoms with E-state index in [1.165, 1.54) is 16.1 Å². The zero-order valence-electron chi connectivity index (χ0n) is 17.6. The Morgan fingerprint density at radius 3 is 2.30 bits per heavy atom. The Morgan fingerprint density at radius 1 is 1.10 bits per heavy atom. The molecule has 2 aromatic rings. The lowest BCUT2D eigenvalue weighted by molar-refractivity contribution is -0.115. The molecule has 6 nitrogen and oxygen atoms in total. The number of nitrogens with one attached hydrogen (secondary N) is 1. The van der Waals surface area contributed by atoms with Crippen LogP contribution in [0.4, 0.5) is 5.69 Å². The molecule has 1 aliphatic heterocycles. The highest BCUT2D eigenvalue weighted by Crippen LogP contribution is 2.25. The van der Waals surface area contributed by atoms with E-state index >= 15 is 0 Å². The van der Waals surface area contributed by atoms with E-state index in [2.05, 4.69) is 17.3 Å². The molecule has 3 rings (SSSR count). The lowest BCUT2D eigenvalue weighted by atomic mass is 10.1. The van der Waals surface area contributed by atoms with Crippen molar-refractivity contribution in [3.8, 4) is 0 Å². The second-order valence-electron chi connectivity index (χ2n) is 7.64. The van der Waals surface area contributed by atoms with Crippen molar-refractivity contribution in [1.29, 1.82) is 0 Å². The number of amides is 1. The zero-order valence-corrected chi connectivity index (χ0v) is 19.2. The fraction of sp³-hybridized carbons (Fsp3) is 0.409. The van der Waals surface area contributed by atoms with Crippen LogP contribution in [0, 0.1) is 0 Å². The highest BCUT2D eigenvalue weighted by atomic mass is 32.2. The fourth-order valence-electron chi connectivity index (χ4n) is 3.43. The number of carbonyl (C=O) groups excluding carboxylic acids is 1. The summed E-state index contributed by atoms with van der Waals surface area (Å²) in [4.78, 5) is 16.0. The van der Waals surface area contributed by atoms with Gasteiger partial charge in [0.25, 0.3) is 0 Å².